The number of alkyl halides is 2. The summed E-state index contributed by atoms with van der Waals surface area (Å²) < 4.78 is 23.7. The van der Waals surface area contributed by atoms with E-state index in [-0.39, 0.29) is 0 Å². The molecule has 0 spiro atoms. The third kappa shape index (κ3) is 2.11. The molecule has 2 N–H and O–H groups in total. The smallest absolute Gasteiger partial charge is 0.289 e. The maximum absolute atomic E-state index is 11.6. The molecule has 1 aromatic heterocycles. The summed E-state index contributed by atoms with van der Waals surface area (Å²) in [6.45, 7) is 0. The zero-order valence-corrected chi connectivity index (χ0v) is 6.38. The fraction of sp³-hybridized carbons (Fsp3) is 0.250. The first-order valence-corrected chi connectivity index (χ1v) is 4.04. The second kappa shape index (κ2) is 3.16. The number of hydrogen-bond acceptors (Lipinski definition) is 4. The van der Waals surface area contributed by atoms with Gasteiger partial charge in [0, 0.05) is 0 Å². The first kappa shape index (κ1) is 7.74. The van der Waals surface area contributed by atoms with Gasteiger partial charge in [-0.25, -0.2) is 4.98 Å². The third-order valence-corrected chi connectivity index (χ3v) is 2.38. The molecule has 0 aromatic carbocycles. The molecule has 0 saturated heterocycles. The van der Waals surface area contributed by atoms with E-state index < -0.39 is 5.76 Å². The van der Waals surface area contributed by atoms with Crippen molar-refractivity contribution < 1.29 is 8.78 Å². The van der Waals surface area contributed by atoms with Crippen molar-refractivity contribution in [3.63, 3.8) is 0 Å². The highest BCUT2D eigenvalue weighted by atomic mass is 32.2. The number of hydrogen-bond donors (Lipinski definition) is 1. The minimum atomic E-state index is -2.39. The molecule has 0 bridgehead atoms. The minimum absolute atomic E-state index is 0.322. The normalized spacial score (nSPS) is 10.7. The summed E-state index contributed by atoms with van der Waals surface area (Å²) in [4.78, 5) is 3.61. The van der Waals surface area contributed by atoms with Crippen molar-refractivity contribution in [2.75, 3.05) is 5.73 Å². The molecule has 0 saturated carbocycles. The fourth-order valence-corrected chi connectivity index (χ4v) is 1.79. The van der Waals surface area contributed by atoms with Crippen LogP contribution in [0, 0.1) is 0 Å². The summed E-state index contributed by atoms with van der Waals surface area (Å²) in [5, 5.41) is 0.322. The SMILES string of the molecule is Nc1ncc(SC(F)F)s1. The highest BCUT2D eigenvalue weighted by Gasteiger charge is 2.07. The number of nitrogens with zero attached hydrogens (tertiary/aromatic N) is 1. The number of anilines is 1. The van der Waals surface area contributed by atoms with Gasteiger partial charge >= 0.3 is 0 Å². The predicted octanol–water partition coefficient (Wildman–Crippen LogP) is 2.04. The lowest BCUT2D eigenvalue weighted by molar-refractivity contribution is 0.252. The monoisotopic (exact) mass is 182 g/mol. The highest BCUT2D eigenvalue weighted by molar-refractivity contribution is 8.01. The number of nitrogen functional groups attached to an aromatic ring is 1. The number of thioether (sulfide) groups is 1. The standard InChI is InChI=1S/C4H4F2N2S2/c5-3(6)9-2-1-8-4(7)10-2/h1,3H,(H2,7,8). The zero-order chi connectivity index (χ0) is 7.56. The van der Waals surface area contributed by atoms with Crippen molar-refractivity contribution >= 4 is 28.2 Å². The van der Waals surface area contributed by atoms with E-state index in [1.807, 2.05) is 0 Å². The van der Waals surface area contributed by atoms with Crippen molar-refractivity contribution in [1.29, 1.82) is 0 Å². The summed E-state index contributed by atoms with van der Waals surface area (Å²) in [6.07, 6.45) is 1.34. The molecule has 0 radical (unpaired) electrons. The van der Waals surface area contributed by atoms with Gasteiger partial charge in [-0.3, -0.25) is 0 Å². The Balaban J connectivity index is 2.58. The van der Waals surface area contributed by atoms with Crippen LogP contribution in [0.25, 0.3) is 0 Å². The summed E-state index contributed by atoms with van der Waals surface area (Å²) in [7, 11) is 0. The first-order chi connectivity index (χ1) is 4.68. The van der Waals surface area contributed by atoms with E-state index in [1.54, 1.807) is 0 Å². The van der Waals surface area contributed by atoms with E-state index in [1.165, 1.54) is 6.20 Å². The molecule has 0 aliphatic carbocycles. The van der Waals surface area contributed by atoms with Crippen molar-refractivity contribution in [3.8, 4) is 0 Å². The van der Waals surface area contributed by atoms with Gasteiger partial charge in [0.1, 0.15) is 0 Å². The molecule has 0 aliphatic heterocycles. The van der Waals surface area contributed by atoms with Crippen molar-refractivity contribution in [1.82, 2.24) is 4.98 Å². The number of rotatable bonds is 2. The fourth-order valence-electron chi connectivity index (χ4n) is 0.414. The largest absolute Gasteiger partial charge is 0.375 e. The molecule has 0 aliphatic rings. The Kier molecular flexibility index (Phi) is 2.44. The van der Waals surface area contributed by atoms with E-state index in [2.05, 4.69) is 4.98 Å². The van der Waals surface area contributed by atoms with Crippen LogP contribution in [-0.4, -0.2) is 10.7 Å². The summed E-state index contributed by atoms with van der Waals surface area (Å²) in [5.74, 6) is -2.39. The van der Waals surface area contributed by atoms with Crippen LogP contribution in [0.4, 0.5) is 13.9 Å². The number of thiazole rings is 1. The summed E-state index contributed by atoms with van der Waals surface area (Å²) >= 11 is 1.53. The number of aromatic nitrogens is 1. The molecule has 0 atom stereocenters. The maximum atomic E-state index is 11.6. The Hall–Kier alpha value is -0.360. The molecular weight excluding hydrogens is 178 g/mol. The van der Waals surface area contributed by atoms with Crippen LogP contribution >= 0.6 is 23.1 Å². The van der Waals surface area contributed by atoms with E-state index in [4.69, 9.17) is 5.73 Å². The summed E-state index contributed by atoms with van der Waals surface area (Å²) in [5.41, 5.74) is 5.20. The maximum Gasteiger partial charge on any atom is 0.289 e. The van der Waals surface area contributed by atoms with Gasteiger partial charge in [-0.05, 0) is 11.8 Å². The molecule has 10 heavy (non-hydrogen) atoms. The van der Waals surface area contributed by atoms with Gasteiger partial charge in [-0.2, -0.15) is 8.78 Å². The lowest BCUT2D eigenvalue weighted by Gasteiger charge is -1.90. The second-order valence-electron chi connectivity index (χ2n) is 1.40. The zero-order valence-electron chi connectivity index (χ0n) is 4.75. The van der Waals surface area contributed by atoms with E-state index in [0.717, 1.165) is 11.3 Å². The molecular formula is C4H4F2N2S2. The van der Waals surface area contributed by atoms with Gasteiger partial charge in [0.2, 0.25) is 0 Å². The van der Waals surface area contributed by atoms with Gasteiger partial charge in [0.25, 0.3) is 5.76 Å². The average Bonchev–Trinajstić information content (AvgIpc) is 2.13. The molecule has 1 aromatic rings. The van der Waals surface area contributed by atoms with Crippen LogP contribution in [0.1, 0.15) is 0 Å². The van der Waals surface area contributed by atoms with Gasteiger partial charge in [0.05, 0.1) is 10.4 Å². The van der Waals surface area contributed by atoms with Gasteiger partial charge in [-0.15, -0.1) is 0 Å². The van der Waals surface area contributed by atoms with Gasteiger partial charge < -0.3 is 5.73 Å². The quantitative estimate of drug-likeness (QED) is 0.711. The Morgan fingerprint density at radius 2 is 2.40 bits per heavy atom. The van der Waals surface area contributed by atoms with Gasteiger partial charge in [0.15, 0.2) is 5.13 Å². The van der Waals surface area contributed by atoms with Crippen LogP contribution in [0.5, 0.6) is 0 Å². The van der Waals surface area contributed by atoms with Crippen LogP contribution in [-0.2, 0) is 0 Å². The molecule has 2 nitrogen and oxygen atoms in total. The van der Waals surface area contributed by atoms with Crippen LogP contribution in [0.3, 0.4) is 0 Å². The molecule has 1 rings (SSSR count). The van der Waals surface area contributed by atoms with E-state index in [9.17, 15) is 8.78 Å². The molecule has 0 amide bonds. The molecule has 0 unspecified atom stereocenters. The average molecular weight is 182 g/mol. The second-order valence-corrected chi connectivity index (χ2v) is 3.75. The van der Waals surface area contributed by atoms with E-state index in [0.29, 0.717) is 21.1 Å². The Bertz CT molecular complexity index is 213. The van der Waals surface area contributed by atoms with Crippen molar-refractivity contribution in [2.45, 2.75) is 9.97 Å². The first-order valence-electron chi connectivity index (χ1n) is 2.34. The Labute approximate surface area is 64.5 Å². The number of nitrogens with two attached hydrogens (primary N) is 1. The van der Waals surface area contributed by atoms with Crippen molar-refractivity contribution in [2.24, 2.45) is 0 Å². The molecule has 0 fully saturated rings. The summed E-state index contributed by atoms with van der Waals surface area (Å²) in [6, 6.07) is 0. The van der Waals surface area contributed by atoms with E-state index >= 15 is 0 Å². The molecule has 1 heterocycles. The topological polar surface area (TPSA) is 38.9 Å². The Morgan fingerprint density at radius 3 is 2.80 bits per heavy atom. The van der Waals surface area contributed by atoms with Crippen molar-refractivity contribution in [3.05, 3.63) is 6.20 Å². The molecule has 6 heteroatoms. The predicted molar refractivity (Wildman–Crippen MR) is 38.4 cm³/mol. The van der Waals surface area contributed by atoms with Gasteiger partial charge in [-0.1, -0.05) is 11.3 Å². The minimum Gasteiger partial charge on any atom is -0.375 e. The van der Waals surface area contributed by atoms with Crippen LogP contribution < -0.4 is 5.73 Å². The van der Waals surface area contributed by atoms with Crippen LogP contribution in [0.15, 0.2) is 10.4 Å². The third-order valence-electron chi connectivity index (χ3n) is 0.708. The molecule has 56 valence electrons. The van der Waals surface area contributed by atoms with Crippen LogP contribution in [0.2, 0.25) is 0 Å². The lowest BCUT2D eigenvalue weighted by atomic mass is 11.0. The highest BCUT2D eigenvalue weighted by Crippen LogP contribution is 2.30. The lowest BCUT2D eigenvalue weighted by Crippen LogP contribution is -1.77. The Morgan fingerprint density at radius 1 is 1.70 bits per heavy atom. The number of halogens is 2.